The summed E-state index contributed by atoms with van der Waals surface area (Å²) in [5, 5.41) is 0. The number of fused-ring (bicyclic) bond motifs is 6. The molecule has 0 N–H and O–H groups in total. The van der Waals surface area contributed by atoms with Crippen LogP contribution in [-0.2, 0) is 0 Å². The molecule has 8 aliphatic rings. The van der Waals surface area contributed by atoms with Gasteiger partial charge in [-0.05, 0) is 200 Å². The largest absolute Gasteiger partial charge is 0.494 e. The van der Waals surface area contributed by atoms with Crippen LogP contribution in [0.15, 0.2) is 48.5 Å². The second-order valence-corrected chi connectivity index (χ2v) is 20.1. The first kappa shape index (κ1) is 42.3. The van der Waals surface area contributed by atoms with E-state index in [1.807, 2.05) is 26.0 Å². The Hall–Kier alpha value is -2.84. The van der Waals surface area contributed by atoms with Crippen LogP contribution in [0.4, 0.5) is 0 Å². The standard InChI is InChI=1S/C28H40O.C27H38O/c1-3-5-6-23-7-11-25(12-8-23)28-20-17-27(18-21-28,19-22-28)16-15-24-9-13-26(14-10-24)29-4-2;1-3-5-22-6-10-24(11-7-22)27-19-16-26(17-20-27,18-21-27)15-14-23-8-12-25(13-9-23)28-4-2/h9-10,13-14,23,25H,3-8,11-12,17-22H2,1-2H3;8-9,12-13,22,24H,3-7,10-11,16-21H2,1-2H3/t23-,25-,27?,28?;22-,24-,26?,27?. The van der Waals surface area contributed by atoms with E-state index in [0.29, 0.717) is 21.7 Å². The minimum Gasteiger partial charge on any atom is -0.494 e. The predicted octanol–water partition coefficient (Wildman–Crippen LogP) is 15.2. The molecule has 0 amide bonds. The van der Waals surface area contributed by atoms with E-state index in [9.17, 15) is 0 Å². The highest BCUT2D eigenvalue weighted by Crippen LogP contribution is 2.63. The lowest BCUT2D eigenvalue weighted by Gasteiger charge is -2.56. The lowest BCUT2D eigenvalue weighted by molar-refractivity contribution is -0.0379. The summed E-state index contributed by atoms with van der Waals surface area (Å²) in [4.78, 5) is 0. The molecule has 0 spiro atoms. The Balaban J connectivity index is 0.000000174. The van der Waals surface area contributed by atoms with Crippen LogP contribution in [0.5, 0.6) is 11.5 Å². The number of rotatable bonds is 11. The molecule has 4 bridgehead atoms. The Kier molecular flexibility index (Phi) is 14.5. The van der Waals surface area contributed by atoms with Crippen LogP contribution in [-0.4, -0.2) is 13.2 Å². The molecule has 310 valence electrons. The molecule has 8 fully saturated rings. The van der Waals surface area contributed by atoms with Crippen molar-refractivity contribution in [2.75, 3.05) is 13.2 Å². The fourth-order valence-corrected chi connectivity index (χ4v) is 13.1. The Labute approximate surface area is 349 Å². The van der Waals surface area contributed by atoms with Gasteiger partial charge in [0.15, 0.2) is 0 Å². The van der Waals surface area contributed by atoms with E-state index in [2.05, 4.69) is 73.9 Å². The van der Waals surface area contributed by atoms with Gasteiger partial charge in [0.05, 0.1) is 13.2 Å². The monoisotopic (exact) mass is 771 g/mol. The lowest BCUT2D eigenvalue weighted by atomic mass is 9.48. The average molecular weight is 771 g/mol. The zero-order valence-electron chi connectivity index (χ0n) is 36.8. The van der Waals surface area contributed by atoms with Crippen LogP contribution in [0.3, 0.4) is 0 Å². The molecule has 8 saturated carbocycles. The van der Waals surface area contributed by atoms with Gasteiger partial charge in [-0.15, -0.1) is 0 Å². The fourth-order valence-electron chi connectivity index (χ4n) is 13.1. The van der Waals surface area contributed by atoms with Gasteiger partial charge in [-0.2, -0.15) is 0 Å². The van der Waals surface area contributed by atoms with Crippen molar-refractivity contribution < 1.29 is 9.47 Å². The minimum atomic E-state index is 0.304. The molecule has 0 aliphatic heterocycles. The zero-order valence-corrected chi connectivity index (χ0v) is 36.8. The predicted molar refractivity (Wildman–Crippen MR) is 239 cm³/mol. The van der Waals surface area contributed by atoms with E-state index in [4.69, 9.17) is 9.47 Å². The Morgan fingerprint density at radius 1 is 0.456 bits per heavy atom. The minimum absolute atomic E-state index is 0.304. The van der Waals surface area contributed by atoms with Crippen molar-refractivity contribution in [3.8, 4) is 35.2 Å². The summed E-state index contributed by atoms with van der Waals surface area (Å²) < 4.78 is 11.1. The van der Waals surface area contributed by atoms with E-state index < -0.39 is 0 Å². The highest BCUT2D eigenvalue weighted by molar-refractivity contribution is 5.41. The lowest BCUT2D eigenvalue weighted by Crippen LogP contribution is -2.45. The van der Waals surface area contributed by atoms with Crippen LogP contribution in [0.1, 0.15) is 199 Å². The summed E-state index contributed by atoms with van der Waals surface area (Å²) in [5.74, 6) is 20.5. The number of unbranched alkanes of at least 4 members (excludes halogenated alkanes) is 1. The molecule has 0 atom stereocenters. The smallest absolute Gasteiger partial charge is 0.119 e. The third-order valence-corrected chi connectivity index (χ3v) is 17.0. The van der Waals surface area contributed by atoms with E-state index in [0.717, 1.165) is 59.5 Å². The van der Waals surface area contributed by atoms with Gasteiger partial charge in [-0.1, -0.05) is 95.3 Å². The number of hydrogen-bond donors (Lipinski definition) is 0. The molecule has 8 aliphatic carbocycles. The van der Waals surface area contributed by atoms with Gasteiger partial charge < -0.3 is 9.47 Å². The van der Waals surface area contributed by atoms with Crippen LogP contribution < -0.4 is 9.47 Å². The number of benzene rings is 2. The van der Waals surface area contributed by atoms with Crippen molar-refractivity contribution in [2.24, 2.45) is 45.3 Å². The maximum atomic E-state index is 5.55. The van der Waals surface area contributed by atoms with Gasteiger partial charge >= 0.3 is 0 Å². The highest BCUT2D eigenvalue weighted by Gasteiger charge is 2.53. The summed E-state index contributed by atoms with van der Waals surface area (Å²) in [6, 6.07) is 16.6. The van der Waals surface area contributed by atoms with Crippen molar-refractivity contribution in [1.82, 2.24) is 0 Å². The summed E-state index contributed by atoms with van der Waals surface area (Å²) >= 11 is 0. The summed E-state index contributed by atoms with van der Waals surface area (Å²) in [6.07, 6.45) is 35.9. The molecular weight excluding hydrogens is 693 g/mol. The summed E-state index contributed by atoms with van der Waals surface area (Å²) in [6.45, 7) is 10.2. The van der Waals surface area contributed by atoms with E-state index in [1.54, 1.807) is 0 Å². The molecule has 0 unspecified atom stereocenters. The maximum absolute atomic E-state index is 5.55. The third-order valence-electron chi connectivity index (χ3n) is 17.0. The molecule has 0 aromatic heterocycles. The highest BCUT2D eigenvalue weighted by atomic mass is 16.5. The molecule has 2 heteroatoms. The van der Waals surface area contributed by atoms with Crippen molar-refractivity contribution in [2.45, 2.75) is 188 Å². The molecular formula is C55H78O2. The molecule has 0 saturated heterocycles. The third kappa shape index (κ3) is 10.3. The van der Waals surface area contributed by atoms with Crippen molar-refractivity contribution in [3.63, 3.8) is 0 Å². The van der Waals surface area contributed by atoms with E-state index >= 15 is 0 Å². The van der Waals surface area contributed by atoms with E-state index in [-0.39, 0.29) is 0 Å². The van der Waals surface area contributed by atoms with Crippen molar-refractivity contribution in [3.05, 3.63) is 59.7 Å². The second kappa shape index (κ2) is 19.5. The quantitative estimate of drug-likeness (QED) is 0.212. The SMILES string of the molecule is CCCC[C@H]1CC[C@H](C23CCC(C#Cc4ccc(OCC)cc4)(CC2)CC3)CC1.CCC[C@H]1CC[C@H](C23CCC(C#Cc4ccc(OCC)cc4)(CC2)CC3)CC1. The average Bonchev–Trinajstić information content (AvgIpc) is 3.27. The second-order valence-electron chi connectivity index (χ2n) is 20.1. The van der Waals surface area contributed by atoms with Crippen LogP contribution in [0.25, 0.3) is 0 Å². The Bertz CT molecular complexity index is 1610. The van der Waals surface area contributed by atoms with Crippen molar-refractivity contribution >= 4 is 0 Å². The molecule has 2 aromatic carbocycles. The first-order valence-corrected chi connectivity index (χ1v) is 24.4. The number of ether oxygens (including phenoxy) is 2. The zero-order chi connectivity index (χ0) is 39.6. The van der Waals surface area contributed by atoms with Gasteiger partial charge in [0, 0.05) is 22.0 Å². The maximum Gasteiger partial charge on any atom is 0.119 e. The van der Waals surface area contributed by atoms with E-state index in [1.165, 1.54) is 161 Å². The molecule has 0 heterocycles. The summed E-state index contributed by atoms with van der Waals surface area (Å²) in [7, 11) is 0. The van der Waals surface area contributed by atoms with Gasteiger partial charge in [-0.25, -0.2) is 0 Å². The normalized spacial score (nSPS) is 34.1. The Morgan fingerprint density at radius 2 is 0.825 bits per heavy atom. The van der Waals surface area contributed by atoms with Gasteiger partial charge in [0.1, 0.15) is 11.5 Å². The molecule has 2 aromatic rings. The molecule has 0 radical (unpaired) electrons. The summed E-state index contributed by atoms with van der Waals surface area (Å²) in [5.41, 5.74) is 4.24. The van der Waals surface area contributed by atoms with Crippen LogP contribution >= 0.6 is 0 Å². The Morgan fingerprint density at radius 3 is 1.16 bits per heavy atom. The van der Waals surface area contributed by atoms with Crippen LogP contribution in [0, 0.1) is 69.0 Å². The first-order valence-electron chi connectivity index (χ1n) is 24.4. The number of hydrogen-bond acceptors (Lipinski definition) is 2. The van der Waals surface area contributed by atoms with Crippen molar-refractivity contribution in [1.29, 1.82) is 0 Å². The van der Waals surface area contributed by atoms with Gasteiger partial charge in [0.2, 0.25) is 0 Å². The fraction of sp³-hybridized carbons (Fsp3) is 0.709. The van der Waals surface area contributed by atoms with Gasteiger partial charge in [0.25, 0.3) is 0 Å². The molecule has 2 nitrogen and oxygen atoms in total. The topological polar surface area (TPSA) is 18.5 Å². The first-order chi connectivity index (χ1) is 27.8. The molecule has 10 rings (SSSR count). The van der Waals surface area contributed by atoms with Gasteiger partial charge in [-0.3, -0.25) is 0 Å². The van der Waals surface area contributed by atoms with Crippen LogP contribution in [0.2, 0.25) is 0 Å². The molecule has 57 heavy (non-hydrogen) atoms.